The molecule has 0 spiro atoms. The first-order chi connectivity index (χ1) is 5.20. The fraction of sp³-hybridized carbons (Fsp3) is 0.500. The Balaban J connectivity index is -0.0000000270. The van der Waals surface area contributed by atoms with E-state index in [-0.39, 0.29) is 38.2 Å². The van der Waals surface area contributed by atoms with Crippen LogP contribution in [0.2, 0.25) is 0 Å². The number of carbonyl (C=O) groups is 3. The third-order valence-electron chi connectivity index (χ3n) is 0. The second-order valence-corrected chi connectivity index (χ2v) is 1.56. The van der Waals surface area contributed by atoms with Crippen molar-refractivity contribution in [3.63, 3.8) is 0 Å². The molecule has 0 aliphatic rings. The van der Waals surface area contributed by atoms with Crippen LogP contribution < -0.4 is 0 Å². The van der Waals surface area contributed by atoms with Crippen LogP contribution in [0, 0.1) is 0 Å². The Kier molecular flexibility index (Phi) is 47.7. The molecule has 0 rings (SSSR count). The molecule has 0 aromatic carbocycles. The minimum Gasteiger partial charge on any atom is -0.481 e. The van der Waals surface area contributed by atoms with Gasteiger partial charge in [0.05, 0.1) is 0 Å². The zero-order valence-electron chi connectivity index (χ0n) is 8.14. The summed E-state index contributed by atoms with van der Waals surface area (Å²) in [6.07, 6.45) is 0. The van der Waals surface area contributed by atoms with Crippen molar-refractivity contribution in [2.75, 3.05) is 0 Å². The van der Waals surface area contributed by atoms with Crippen molar-refractivity contribution in [2.24, 2.45) is 0 Å². The quantitative estimate of drug-likeness (QED) is 0.545. The first-order valence-electron chi connectivity index (χ1n) is 2.78. The van der Waals surface area contributed by atoms with Gasteiger partial charge in [-0.2, -0.15) is 0 Å². The van der Waals surface area contributed by atoms with E-state index in [4.69, 9.17) is 29.7 Å². The molecule has 7 nitrogen and oxygen atoms in total. The van der Waals surface area contributed by atoms with E-state index in [0.29, 0.717) is 0 Å². The molecule has 0 amide bonds. The molecule has 83 valence electrons. The van der Waals surface area contributed by atoms with Crippen LogP contribution in [-0.4, -0.2) is 38.7 Å². The molecule has 0 aliphatic heterocycles. The molecule has 0 aromatic rings. The van der Waals surface area contributed by atoms with Gasteiger partial charge in [0, 0.05) is 53.5 Å². The largest absolute Gasteiger partial charge is 0.481 e. The Morgan fingerprint density at radius 1 is 0.714 bits per heavy atom. The van der Waals surface area contributed by atoms with Gasteiger partial charge in [-0.15, -0.1) is 0 Å². The Morgan fingerprint density at radius 3 is 0.714 bits per heavy atom. The van der Waals surface area contributed by atoms with Crippen molar-refractivity contribution in [2.45, 2.75) is 20.8 Å². The molecule has 0 bridgehead atoms. The fourth-order valence-electron chi connectivity index (χ4n) is 0. The third kappa shape index (κ3) is 4550. The number of aliphatic carboxylic acids is 3. The maximum Gasteiger partial charge on any atom is 0.300 e. The molecule has 14 heavy (non-hydrogen) atoms. The van der Waals surface area contributed by atoms with Gasteiger partial charge in [-0.05, 0) is 0 Å². The smallest absolute Gasteiger partial charge is 0.300 e. The number of hydrogen-bond donors (Lipinski definition) is 3. The van der Waals surface area contributed by atoms with E-state index in [1.54, 1.807) is 0 Å². The zero-order valence-corrected chi connectivity index (χ0v) is 11.0. The normalized spacial score (nSPS) is 5.36. The van der Waals surface area contributed by atoms with Gasteiger partial charge in [0.1, 0.15) is 0 Å². The summed E-state index contributed by atoms with van der Waals surface area (Å²) < 4.78 is 0. The third-order valence-corrected chi connectivity index (χ3v) is 0. The van der Waals surface area contributed by atoms with E-state index in [9.17, 15) is 0 Å². The Hall–Kier alpha value is -0.526. The molecule has 0 aromatic heterocycles. The summed E-state index contributed by atoms with van der Waals surface area (Å²) >= 11 is 0. The molecule has 0 heterocycles. The minimum atomic E-state index is -0.833. The van der Waals surface area contributed by atoms with Gasteiger partial charge in [-0.25, -0.2) is 0 Å². The minimum absolute atomic E-state index is 0. The topological polar surface area (TPSA) is 143 Å². The predicted octanol–water partition coefficient (Wildman–Crippen LogP) is -0.555. The number of hydrogen-bond acceptors (Lipinski definition) is 3. The Labute approximate surface area is 106 Å². The van der Waals surface area contributed by atoms with Crippen LogP contribution in [-0.2, 0) is 47.1 Å². The molecule has 0 saturated heterocycles. The van der Waals surface area contributed by atoms with Crippen molar-refractivity contribution in [1.82, 2.24) is 0 Å². The first kappa shape index (κ1) is 29.2. The van der Waals surface area contributed by atoms with Gasteiger partial charge < -0.3 is 20.8 Å². The van der Waals surface area contributed by atoms with Crippen molar-refractivity contribution < 1.29 is 67.9 Å². The molecule has 5 N–H and O–H groups in total. The molecule has 0 saturated carbocycles. The molecular formula is C6H14O7Y. The van der Waals surface area contributed by atoms with Crippen molar-refractivity contribution in [3.8, 4) is 0 Å². The van der Waals surface area contributed by atoms with Gasteiger partial charge in [-0.1, -0.05) is 0 Å². The van der Waals surface area contributed by atoms with Gasteiger partial charge in [0.25, 0.3) is 17.9 Å². The van der Waals surface area contributed by atoms with Gasteiger partial charge in [0.2, 0.25) is 0 Å². The molecule has 0 atom stereocenters. The van der Waals surface area contributed by atoms with Gasteiger partial charge in [0.15, 0.2) is 0 Å². The van der Waals surface area contributed by atoms with Crippen LogP contribution in [0.1, 0.15) is 20.8 Å². The van der Waals surface area contributed by atoms with E-state index in [2.05, 4.69) is 0 Å². The molecule has 0 unspecified atom stereocenters. The summed E-state index contributed by atoms with van der Waals surface area (Å²) in [6.45, 7) is 3.25. The van der Waals surface area contributed by atoms with E-state index >= 15 is 0 Å². The van der Waals surface area contributed by atoms with Crippen molar-refractivity contribution in [3.05, 3.63) is 0 Å². The fourth-order valence-corrected chi connectivity index (χ4v) is 0. The average molecular weight is 287 g/mol. The Bertz CT molecular complexity index is 116. The molecule has 0 fully saturated rings. The summed E-state index contributed by atoms with van der Waals surface area (Å²) in [7, 11) is 0. The van der Waals surface area contributed by atoms with E-state index in [1.165, 1.54) is 0 Å². The van der Waals surface area contributed by atoms with Crippen LogP contribution in [0.25, 0.3) is 0 Å². The van der Waals surface area contributed by atoms with Crippen LogP contribution in [0.5, 0.6) is 0 Å². The molecular weight excluding hydrogens is 273 g/mol. The van der Waals surface area contributed by atoms with E-state index in [0.717, 1.165) is 20.8 Å². The number of carboxylic acid groups (broad SMARTS) is 3. The zero-order chi connectivity index (χ0) is 10.7. The Morgan fingerprint density at radius 2 is 0.714 bits per heavy atom. The van der Waals surface area contributed by atoms with Gasteiger partial charge in [-0.3, -0.25) is 14.4 Å². The van der Waals surface area contributed by atoms with Crippen LogP contribution in [0.3, 0.4) is 0 Å². The molecule has 0 aliphatic carbocycles. The predicted molar refractivity (Wildman–Crippen MR) is 43.5 cm³/mol. The maximum absolute atomic E-state index is 9.00. The average Bonchev–Trinajstić information content (AvgIpc) is 1.54. The summed E-state index contributed by atoms with van der Waals surface area (Å²) in [6, 6.07) is 0. The number of rotatable bonds is 0. The maximum atomic E-state index is 9.00. The molecule has 1 radical (unpaired) electrons. The standard InChI is InChI=1S/3C2H4O2.H2O.Y/c3*1-2(3)4;;/h3*1H3,(H,3,4);1H2;. The van der Waals surface area contributed by atoms with Gasteiger partial charge >= 0.3 is 0 Å². The first-order valence-corrected chi connectivity index (χ1v) is 2.78. The summed E-state index contributed by atoms with van der Waals surface area (Å²) in [5, 5.41) is 22.2. The van der Waals surface area contributed by atoms with Crippen molar-refractivity contribution >= 4 is 17.9 Å². The van der Waals surface area contributed by atoms with E-state index in [1.807, 2.05) is 0 Å². The van der Waals surface area contributed by atoms with Crippen LogP contribution in [0.15, 0.2) is 0 Å². The second kappa shape index (κ2) is 22.9. The monoisotopic (exact) mass is 287 g/mol. The summed E-state index contributed by atoms with van der Waals surface area (Å²) in [5.74, 6) is -2.50. The molecule has 8 heteroatoms. The second-order valence-electron chi connectivity index (χ2n) is 1.56. The van der Waals surface area contributed by atoms with Crippen molar-refractivity contribution in [1.29, 1.82) is 0 Å². The van der Waals surface area contributed by atoms with Crippen LogP contribution >= 0.6 is 0 Å². The van der Waals surface area contributed by atoms with Crippen LogP contribution in [0.4, 0.5) is 0 Å². The summed E-state index contributed by atoms with van der Waals surface area (Å²) in [4.78, 5) is 27.0. The number of carboxylic acids is 3. The van der Waals surface area contributed by atoms with E-state index < -0.39 is 17.9 Å². The SMILES string of the molecule is CC(=O)O.CC(=O)O.CC(=O)O.O.[Y]. The summed E-state index contributed by atoms with van der Waals surface area (Å²) in [5.41, 5.74) is 0.